The van der Waals surface area contributed by atoms with Crippen molar-refractivity contribution in [3.8, 4) is 11.8 Å². The van der Waals surface area contributed by atoms with Gasteiger partial charge in [0, 0.05) is 30.5 Å². The van der Waals surface area contributed by atoms with Gasteiger partial charge in [-0.2, -0.15) is 0 Å². The normalized spacial score (nSPS) is 16.4. The van der Waals surface area contributed by atoms with Crippen LogP contribution in [0.15, 0.2) is 65.8 Å². The minimum atomic E-state index is -1.82. The lowest BCUT2D eigenvalue weighted by Gasteiger charge is -2.21. The second-order valence-electron chi connectivity index (χ2n) is 6.48. The first kappa shape index (κ1) is 19.8. The van der Waals surface area contributed by atoms with Crippen LogP contribution in [0.25, 0.3) is 6.08 Å². The van der Waals surface area contributed by atoms with E-state index in [2.05, 4.69) is 21.5 Å². The molecule has 30 heavy (non-hydrogen) atoms. The molecule has 1 aliphatic heterocycles. The van der Waals surface area contributed by atoms with Gasteiger partial charge in [-0.25, -0.2) is 13.5 Å². The third-order valence-corrected chi connectivity index (χ3v) is 5.49. The number of nitrogens with zero attached hydrogens (tertiary/aromatic N) is 1. The highest BCUT2D eigenvalue weighted by Gasteiger charge is 2.33. The number of hydrogen-bond donors (Lipinski definition) is 1. The van der Waals surface area contributed by atoms with Crippen LogP contribution >= 0.6 is 0 Å². The highest BCUT2D eigenvalue weighted by atomic mass is 32.2. The zero-order valence-corrected chi connectivity index (χ0v) is 16.3. The zero-order valence-electron chi connectivity index (χ0n) is 15.5. The van der Waals surface area contributed by atoms with Crippen molar-refractivity contribution in [2.24, 2.45) is 0 Å². The van der Waals surface area contributed by atoms with E-state index in [9.17, 15) is 18.1 Å². The summed E-state index contributed by atoms with van der Waals surface area (Å²) in [6.45, 7) is 0. The van der Waals surface area contributed by atoms with Crippen LogP contribution in [0.5, 0.6) is 0 Å². The van der Waals surface area contributed by atoms with Crippen LogP contribution in [-0.4, -0.2) is 15.3 Å². The molecule has 1 unspecified atom stereocenters. The molecule has 4 nitrogen and oxygen atoms in total. The van der Waals surface area contributed by atoms with Gasteiger partial charge < -0.3 is 4.55 Å². The molecular weight excluding hydrogens is 406 g/mol. The maximum absolute atomic E-state index is 13.5. The van der Waals surface area contributed by atoms with Crippen LogP contribution in [0.2, 0.25) is 0 Å². The molecule has 0 radical (unpaired) electrons. The number of hydrogen-bond acceptors (Lipinski definition) is 4. The molecule has 0 aliphatic carbocycles. The molecule has 0 fully saturated rings. The molecule has 1 N–H and O–H groups in total. The lowest BCUT2D eigenvalue weighted by molar-refractivity contribution is 0.104. The first-order valence-electron chi connectivity index (χ1n) is 8.93. The Morgan fingerprint density at radius 1 is 1.13 bits per heavy atom. The van der Waals surface area contributed by atoms with Crippen molar-refractivity contribution in [2.45, 2.75) is 6.42 Å². The molecule has 2 aromatic carbocycles. The first-order chi connectivity index (χ1) is 14.5. The number of aromatic nitrogens is 1. The molecule has 1 atom stereocenters. The van der Waals surface area contributed by atoms with Gasteiger partial charge in [-0.1, -0.05) is 24.0 Å². The van der Waals surface area contributed by atoms with Crippen molar-refractivity contribution in [1.29, 1.82) is 0 Å². The Kier molecular flexibility index (Phi) is 5.61. The Balaban J connectivity index is 1.61. The fourth-order valence-electron chi connectivity index (χ4n) is 2.89. The largest absolute Gasteiger partial charge is 0.588 e. The number of anilines is 1. The molecule has 0 saturated heterocycles. The quantitative estimate of drug-likeness (QED) is 0.382. The Hall–Kier alpha value is -3.47. The van der Waals surface area contributed by atoms with Gasteiger partial charge in [0.2, 0.25) is 10.7 Å². The number of rotatable bonds is 2. The number of Topliss-reactive ketones (excluding diaryl/α,β-unsaturated/α-hetero) is 1. The molecule has 2 heterocycles. The second kappa shape index (κ2) is 8.49. The number of fused-ring (bicyclic) bond motifs is 1. The average Bonchev–Trinajstić information content (AvgIpc) is 2.75. The summed E-state index contributed by atoms with van der Waals surface area (Å²) >= 11 is -1.82. The SMILES string of the molecule is O=C1/C(=C/c2ccc(F)c(F)c2)[S+]([O-])Nc2ccc(C#CCc3cccnc3)cc21. The fourth-order valence-corrected chi connectivity index (χ4v) is 3.90. The van der Waals surface area contributed by atoms with Crippen molar-refractivity contribution in [3.63, 3.8) is 0 Å². The van der Waals surface area contributed by atoms with E-state index in [0.29, 0.717) is 23.2 Å². The number of carbonyl (C=O) groups excluding carboxylic acids is 1. The third-order valence-electron chi connectivity index (χ3n) is 4.38. The highest BCUT2D eigenvalue weighted by molar-refractivity contribution is 7.97. The van der Waals surface area contributed by atoms with Crippen LogP contribution in [-0.2, 0) is 17.8 Å². The van der Waals surface area contributed by atoms with Gasteiger partial charge in [0.25, 0.3) is 0 Å². The van der Waals surface area contributed by atoms with E-state index in [1.54, 1.807) is 30.6 Å². The number of carbonyl (C=O) groups is 1. The number of allylic oxidation sites excluding steroid dienone is 1. The molecular formula is C23H14F2N2O2S. The molecule has 0 amide bonds. The van der Waals surface area contributed by atoms with Crippen molar-refractivity contribution < 1.29 is 18.1 Å². The summed E-state index contributed by atoms with van der Waals surface area (Å²) in [4.78, 5) is 16.9. The van der Waals surface area contributed by atoms with Crippen molar-refractivity contribution in [3.05, 3.63) is 99.7 Å². The average molecular weight is 420 g/mol. The maximum atomic E-state index is 13.5. The molecule has 4 rings (SSSR count). The third kappa shape index (κ3) is 4.25. The topological polar surface area (TPSA) is 65.0 Å². The van der Waals surface area contributed by atoms with E-state index in [-0.39, 0.29) is 10.5 Å². The summed E-state index contributed by atoms with van der Waals surface area (Å²) in [7, 11) is 0. The van der Waals surface area contributed by atoms with E-state index < -0.39 is 28.8 Å². The van der Waals surface area contributed by atoms with Crippen LogP contribution in [0.4, 0.5) is 14.5 Å². The molecule has 7 heteroatoms. The monoisotopic (exact) mass is 420 g/mol. The second-order valence-corrected chi connectivity index (χ2v) is 7.66. The summed E-state index contributed by atoms with van der Waals surface area (Å²) < 4.78 is 41.8. The van der Waals surface area contributed by atoms with Crippen LogP contribution in [0.3, 0.4) is 0 Å². The summed E-state index contributed by atoms with van der Waals surface area (Å²) in [5, 5.41) is 0. The summed E-state index contributed by atoms with van der Waals surface area (Å²) in [5.74, 6) is 3.55. The van der Waals surface area contributed by atoms with E-state index in [0.717, 1.165) is 17.7 Å². The maximum Gasteiger partial charge on any atom is 0.245 e. The van der Waals surface area contributed by atoms with Gasteiger partial charge in [-0.05, 0) is 47.5 Å². The van der Waals surface area contributed by atoms with Gasteiger partial charge in [0.15, 0.2) is 11.6 Å². The van der Waals surface area contributed by atoms with Gasteiger partial charge in [-0.15, -0.1) is 0 Å². The molecule has 1 aromatic heterocycles. The molecule has 1 aliphatic rings. The van der Waals surface area contributed by atoms with E-state index in [4.69, 9.17) is 0 Å². The summed E-state index contributed by atoms with van der Waals surface area (Å²) in [6, 6.07) is 12.0. The number of benzene rings is 2. The Labute approximate surface area is 175 Å². The predicted octanol–water partition coefficient (Wildman–Crippen LogP) is 4.27. The van der Waals surface area contributed by atoms with Gasteiger partial charge >= 0.3 is 0 Å². The van der Waals surface area contributed by atoms with Crippen LogP contribution < -0.4 is 4.72 Å². The van der Waals surface area contributed by atoms with Crippen LogP contribution in [0.1, 0.15) is 27.0 Å². The van der Waals surface area contributed by atoms with E-state index in [1.807, 2.05) is 12.1 Å². The summed E-state index contributed by atoms with van der Waals surface area (Å²) in [5.41, 5.74) is 2.60. The predicted molar refractivity (Wildman–Crippen MR) is 112 cm³/mol. The lowest BCUT2D eigenvalue weighted by atomic mass is 10.0. The minimum Gasteiger partial charge on any atom is -0.588 e. The number of pyridine rings is 1. The molecule has 0 saturated carbocycles. The van der Waals surface area contributed by atoms with Crippen molar-refractivity contribution >= 4 is 28.9 Å². The Morgan fingerprint density at radius 3 is 2.77 bits per heavy atom. The lowest BCUT2D eigenvalue weighted by Crippen LogP contribution is -2.27. The number of ketones is 1. The molecule has 0 spiro atoms. The molecule has 0 bridgehead atoms. The number of nitrogens with one attached hydrogen (secondary N) is 1. The van der Waals surface area contributed by atoms with Gasteiger partial charge in [-0.3, -0.25) is 9.78 Å². The van der Waals surface area contributed by atoms with Gasteiger partial charge in [0.1, 0.15) is 11.4 Å². The molecule has 148 valence electrons. The minimum absolute atomic E-state index is 0.0472. The zero-order chi connectivity index (χ0) is 21.1. The van der Waals surface area contributed by atoms with Crippen molar-refractivity contribution in [2.75, 3.05) is 4.72 Å². The highest BCUT2D eigenvalue weighted by Crippen LogP contribution is 2.31. The van der Waals surface area contributed by atoms with Gasteiger partial charge in [0.05, 0.1) is 11.3 Å². The smallest absolute Gasteiger partial charge is 0.245 e. The van der Waals surface area contributed by atoms with Crippen LogP contribution in [0, 0.1) is 23.5 Å². The molecule has 3 aromatic rings. The first-order valence-corrected chi connectivity index (χ1v) is 10.1. The Bertz CT molecular complexity index is 1220. The standard InChI is InChI=1S/C23H14F2N2O2S/c24-19-8-6-17(12-20(19)25)13-22-23(28)18-11-15(7-9-21(18)27-30(22)29)3-1-4-16-5-2-10-26-14-16/h2,5-14,27H,4H2/b22-13-. The van der Waals surface area contributed by atoms with E-state index >= 15 is 0 Å². The number of halogens is 2. The summed E-state index contributed by atoms with van der Waals surface area (Å²) in [6.07, 6.45) is 5.23. The fraction of sp³-hybridized carbons (Fsp3) is 0.0435. The van der Waals surface area contributed by atoms with Crippen molar-refractivity contribution in [1.82, 2.24) is 4.98 Å². The van der Waals surface area contributed by atoms with E-state index in [1.165, 1.54) is 12.1 Å². The Morgan fingerprint density at radius 2 is 2.00 bits per heavy atom.